The lowest BCUT2D eigenvalue weighted by molar-refractivity contribution is 0.698. The van der Waals surface area contributed by atoms with Gasteiger partial charge in [-0.25, -0.2) is 0 Å². The number of nitrogen functional groups attached to an aromatic ring is 1. The van der Waals surface area contributed by atoms with Crippen LogP contribution in [0.1, 0.15) is 24.3 Å². The number of anilines is 1. The minimum atomic E-state index is 0.281. The predicted octanol–water partition coefficient (Wildman–Crippen LogP) is 3.83. The third kappa shape index (κ3) is 2.23. The lowest BCUT2D eigenvalue weighted by atomic mass is 9.67. The molecule has 0 amide bonds. The molecular weight excluding hydrogens is 302 g/mol. The van der Waals surface area contributed by atoms with E-state index in [9.17, 15) is 0 Å². The van der Waals surface area contributed by atoms with Gasteiger partial charge in [0.2, 0.25) is 0 Å². The molecular formula is C24H21N. The van der Waals surface area contributed by atoms with Crippen molar-refractivity contribution in [1.82, 2.24) is 0 Å². The van der Waals surface area contributed by atoms with Gasteiger partial charge in [-0.3, -0.25) is 0 Å². The van der Waals surface area contributed by atoms with Crippen LogP contribution in [0.2, 0.25) is 0 Å². The number of hydrogen-bond acceptors (Lipinski definition) is 1. The standard InChI is InChI=1S/C24H21N/c25-23-12-6-5-11-20(23)22-15-17-8-2-3-9-18(17)21-14-13-16-7-1-4-10-19(16)24(21)22/h2-3,5-15,22,24H,1,4,25H2. The normalized spacial score (nSPS) is 23.6. The van der Waals surface area contributed by atoms with Crippen molar-refractivity contribution in [2.24, 2.45) is 5.92 Å². The summed E-state index contributed by atoms with van der Waals surface area (Å²) < 4.78 is 0. The summed E-state index contributed by atoms with van der Waals surface area (Å²) >= 11 is 0. The second-order valence-electron chi connectivity index (χ2n) is 7.07. The number of para-hydroxylation sites is 1. The van der Waals surface area contributed by atoms with Crippen LogP contribution in [0, 0.1) is 5.92 Å². The fraction of sp³-hybridized carbons (Fsp3) is 0.167. The monoisotopic (exact) mass is 323 g/mol. The number of allylic oxidation sites excluding steroid dienone is 6. The first kappa shape index (κ1) is 14.5. The van der Waals surface area contributed by atoms with E-state index in [1.807, 2.05) is 12.1 Å². The molecule has 0 aliphatic heterocycles. The van der Waals surface area contributed by atoms with Gasteiger partial charge in [-0.1, -0.05) is 72.8 Å². The predicted molar refractivity (Wildman–Crippen MR) is 105 cm³/mol. The van der Waals surface area contributed by atoms with Crippen LogP contribution in [0.3, 0.4) is 0 Å². The average molecular weight is 323 g/mol. The highest BCUT2D eigenvalue weighted by Gasteiger charge is 2.34. The van der Waals surface area contributed by atoms with Gasteiger partial charge >= 0.3 is 0 Å². The molecule has 2 N–H and O–H groups in total. The second kappa shape index (κ2) is 5.63. The molecule has 2 aromatic carbocycles. The molecule has 0 radical (unpaired) electrons. The molecule has 122 valence electrons. The third-order valence-electron chi connectivity index (χ3n) is 5.69. The SMILES string of the molecule is Nc1ccccc1C1C=c2ccccc2=C2C=CC3=CCCC=C3C21. The Bertz CT molecular complexity index is 1070. The summed E-state index contributed by atoms with van der Waals surface area (Å²) in [4.78, 5) is 0. The van der Waals surface area contributed by atoms with E-state index in [1.165, 1.54) is 32.7 Å². The maximum absolute atomic E-state index is 6.38. The molecule has 0 bridgehead atoms. The van der Waals surface area contributed by atoms with Crippen LogP contribution in [-0.2, 0) is 0 Å². The first-order chi connectivity index (χ1) is 12.3. The molecule has 0 saturated heterocycles. The van der Waals surface area contributed by atoms with Crippen molar-refractivity contribution in [1.29, 1.82) is 0 Å². The Kier molecular flexibility index (Phi) is 3.27. The smallest absolute Gasteiger partial charge is 0.0352 e. The zero-order valence-electron chi connectivity index (χ0n) is 14.2. The van der Waals surface area contributed by atoms with Crippen LogP contribution >= 0.6 is 0 Å². The van der Waals surface area contributed by atoms with Crippen LogP contribution < -0.4 is 16.2 Å². The summed E-state index contributed by atoms with van der Waals surface area (Å²) in [6.45, 7) is 0. The summed E-state index contributed by atoms with van der Waals surface area (Å²) in [5.41, 5.74) is 12.8. The second-order valence-corrected chi connectivity index (χ2v) is 7.07. The minimum absolute atomic E-state index is 0.281. The topological polar surface area (TPSA) is 26.0 Å². The molecule has 0 spiro atoms. The van der Waals surface area contributed by atoms with Crippen molar-refractivity contribution >= 4 is 17.3 Å². The summed E-state index contributed by atoms with van der Waals surface area (Å²) in [7, 11) is 0. The fourth-order valence-electron chi connectivity index (χ4n) is 4.56. The van der Waals surface area contributed by atoms with E-state index in [1.54, 1.807) is 0 Å². The Hall–Kier alpha value is -2.80. The Morgan fingerprint density at radius 1 is 0.840 bits per heavy atom. The zero-order chi connectivity index (χ0) is 16.8. The van der Waals surface area contributed by atoms with E-state index in [-0.39, 0.29) is 5.92 Å². The van der Waals surface area contributed by atoms with Gasteiger partial charge in [0.05, 0.1) is 0 Å². The highest BCUT2D eigenvalue weighted by Crippen LogP contribution is 2.46. The van der Waals surface area contributed by atoms with Crippen LogP contribution in [0.5, 0.6) is 0 Å². The zero-order valence-corrected chi connectivity index (χ0v) is 14.2. The Morgan fingerprint density at radius 3 is 2.56 bits per heavy atom. The van der Waals surface area contributed by atoms with E-state index < -0.39 is 0 Å². The number of benzene rings is 2. The number of fused-ring (bicyclic) bond motifs is 4. The molecule has 0 aromatic heterocycles. The minimum Gasteiger partial charge on any atom is -0.398 e. The third-order valence-corrected chi connectivity index (χ3v) is 5.69. The molecule has 1 heteroatoms. The van der Waals surface area contributed by atoms with Gasteiger partial charge < -0.3 is 5.73 Å². The van der Waals surface area contributed by atoms with Gasteiger partial charge in [-0.15, -0.1) is 0 Å². The van der Waals surface area contributed by atoms with Gasteiger partial charge in [0.15, 0.2) is 0 Å². The lowest BCUT2D eigenvalue weighted by Gasteiger charge is -2.36. The molecule has 25 heavy (non-hydrogen) atoms. The summed E-state index contributed by atoms with van der Waals surface area (Å²) in [6.07, 6.45) is 14.1. The first-order valence-corrected chi connectivity index (χ1v) is 9.07. The van der Waals surface area contributed by atoms with Crippen molar-refractivity contribution < 1.29 is 0 Å². The first-order valence-electron chi connectivity index (χ1n) is 9.07. The fourth-order valence-corrected chi connectivity index (χ4v) is 4.56. The lowest BCUT2D eigenvalue weighted by Crippen LogP contribution is -2.37. The van der Waals surface area contributed by atoms with E-state index >= 15 is 0 Å². The molecule has 5 rings (SSSR count). The molecule has 1 nitrogen and oxygen atoms in total. The van der Waals surface area contributed by atoms with Crippen molar-refractivity contribution in [3.63, 3.8) is 0 Å². The number of rotatable bonds is 1. The van der Waals surface area contributed by atoms with Crippen molar-refractivity contribution in [3.8, 4) is 0 Å². The molecule has 3 aliphatic rings. The van der Waals surface area contributed by atoms with Crippen molar-refractivity contribution in [2.75, 3.05) is 5.73 Å². The van der Waals surface area contributed by atoms with Gasteiger partial charge in [0.25, 0.3) is 0 Å². The van der Waals surface area contributed by atoms with Gasteiger partial charge in [-0.2, -0.15) is 0 Å². The van der Waals surface area contributed by atoms with E-state index in [2.05, 4.69) is 66.8 Å². The summed E-state index contributed by atoms with van der Waals surface area (Å²) in [5, 5.41) is 2.68. The van der Waals surface area contributed by atoms with Crippen molar-refractivity contribution in [3.05, 3.63) is 100.0 Å². The number of nitrogens with two attached hydrogens (primary N) is 1. The maximum atomic E-state index is 6.38. The Labute approximate surface area is 148 Å². The Morgan fingerprint density at radius 2 is 1.64 bits per heavy atom. The summed E-state index contributed by atoms with van der Waals surface area (Å²) in [6, 6.07) is 17.1. The van der Waals surface area contributed by atoms with Crippen LogP contribution in [0.4, 0.5) is 5.69 Å². The molecule has 2 atom stereocenters. The van der Waals surface area contributed by atoms with Crippen LogP contribution in [0.25, 0.3) is 11.6 Å². The quantitative estimate of drug-likeness (QED) is 0.793. The van der Waals surface area contributed by atoms with Crippen molar-refractivity contribution in [2.45, 2.75) is 18.8 Å². The molecule has 3 aliphatic carbocycles. The van der Waals surface area contributed by atoms with Gasteiger partial charge in [-0.05, 0) is 51.6 Å². The van der Waals surface area contributed by atoms with Gasteiger partial charge in [0.1, 0.15) is 0 Å². The largest absolute Gasteiger partial charge is 0.398 e. The molecule has 0 fully saturated rings. The van der Waals surface area contributed by atoms with E-state index in [0.29, 0.717) is 5.92 Å². The maximum Gasteiger partial charge on any atom is 0.0352 e. The van der Waals surface area contributed by atoms with Crippen LogP contribution in [-0.4, -0.2) is 0 Å². The number of hydrogen-bond donors (Lipinski definition) is 1. The van der Waals surface area contributed by atoms with E-state index in [4.69, 9.17) is 5.73 Å². The highest BCUT2D eigenvalue weighted by molar-refractivity contribution is 5.77. The average Bonchev–Trinajstić information content (AvgIpc) is 2.67. The van der Waals surface area contributed by atoms with E-state index in [0.717, 1.165) is 18.5 Å². The van der Waals surface area contributed by atoms with Gasteiger partial charge in [0, 0.05) is 17.5 Å². The molecule has 0 heterocycles. The molecule has 2 unspecified atom stereocenters. The Balaban J connectivity index is 1.83. The summed E-state index contributed by atoms with van der Waals surface area (Å²) in [5.74, 6) is 0.639. The van der Waals surface area contributed by atoms with Crippen LogP contribution in [0.15, 0.2) is 84.0 Å². The molecule has 2 aromatic rings. The molecule has 0 saturated carbocycles. The highest BCUT2D eigenvalue weighted by atomic mass is 14.6.